The lowest BCUT2D eigenvalue weighted by atomic mass is 9.79. The van der Waals surface area contributed by atoms with Crippen molar-refractivity contribution < 1.29 is 18.7 Å². The fourth-order valence-electron chi connectivity index (χ4n) is 5.40. The molecule has 1 fully saturated rings. The first-order valence-electron chi connectivity index (χ1n) is 13.1. The van der Waals surface area contributed by atoms with Crippen molar-refractivity contribution in [1.29, 1.82) is 0 Å². The molecule has 0 unspecified atom stereocenters. The second-order valence-electron chi connectivity index (χ2n) is 9.84. The molecular weight excluding hydrogens is 454 g/mol. The third kappa shape index (κ3) is 5.35. The van der Waals surface area contributed by atoms with Crippen LogP contribution in [0.3, 0.4) is 0 Å². The van der Waals surface area contributed by atoms with Gasteiger partial charge in [-0.15, -0.1) is 5.10 Å². The molecule has 3 aromatic rings. The summed E-state index contributed by atoms with van der Waals surface area (Å²) in [5, 5.41) is 8.14. The highest BCUT2D eigenvalue weighted by Gasteiger charge is 2.37. The lowest BCUT2D eigenvalue weighted by Crippen LogP contribution is -2.41. The standard InChI is InChI=1S/C29H35N3O4/c1-3-21-18-27(31-32-28(33)30-16-12-20-7-9-23(34-2)10-8-20)35-26-19-25-22(17-24(21)26)11-15-29(36-25)13-5-4-6-14-29/h7-10,17-19H,3-6,11-16H2,1-2H3,(H2,30,32,33)/b31-27+. The van der Waals surface area contributed by atoms with Crippen LogP contribution in [0.25, 0.3) is 11.0 Å². The molecule has 5 rings (SSSR count). The highest BCUT2D eigenvalue weighted by molar-refractivity contribution is 5.83. The van der Waals surface area contributed by atoms with E-state index in [-0.39, 0.29) is 11.6 Å². The molecule has 7 nitrogen and oxygen atoms in total. The molecule has 1 aliphatic heterocycles. The van der Waals surface area contributed by atoms with Crippen LogP contribution in [0, 0.1) is 0 Å². The molecule has 0 radical (unpaired) electrons. The monoisotopic (exact) mass is 489 g/mol. The summed E-state index contributed by atoms with van der Waals surface area (Å²) >= 11 is 0. The Bertz CT molecular complexity index is 1290. The minimum absolute atomic E-state index is 0.0139. The zero-order valence-electron chi connectivity index (χ0n) is 21.2. The van der Waals surface area contributed by atoms with Crippen LogP contribution in [0.4, 0.5) is 4.79 Å². The molecule has 190 valence electrons. The van der Waals surface area contributed by atoms with Crippen LogP contribution in [0.15, 0.2) is 52.0 Å². The molecule has 1 aliphatic carbocycles. The molecule has 1 aromatic heterocycles. The Hall–Kier alpha value is -3.48. The van der Waals surface area contributed by atoms with Crippen molar-refractivity contribution in [1.82, 2.24) is 10.7 Å². The van der Waals surface area contributed by atoms with Gasteiger partial charge in [0, 0.05) is 24.1 Å². The zero-order valence-corrected chi connectivity index (χ0v) is 21.2. The van der Waals surface area contributed by atoms with Crippen LogP contribution in [-0.4, -0.2) is 25.3 Å². The predicted octanol–water partition coefficient (Wildman–Crippen LogP) is 5.39. The van der Waals surface area contributed by atoms with Crippen molar-refractivity contribution in [2.24, 2.45) is 5.10 Å². The Morgan fingerprint density at radius 2 is 1.89 bits per heavy atom. The van der Waals surface area contributed by atoms with Crippen molar-refractivity contribution in [3.05, 3.63) is 64.7 Å². The summed E-state index contributed by atoms with van der Waals surface area (Å²) in [7, 11) is 1.64. The Kier molecular flexibility index (Phi) is 7.16. The number of amides is 2. The van der Waals surface area contributed by atoms with Crippen molar-refractivity contribution in [3.8, 4) is 11.5 Å². The van der Waals surface area contributed by atoms with Crippen LogP contribution >= 0.6 is 0 Å². The van der Waals surface area contributed by atoms with Crippen LogP contribution in [0.5, 0.6) is 11.5 Å². The van der Waals surface area contributed by atoms with E-state index in [4.69, 9.17) is 13.9 Å². The molecule has 2 aliphatic rings. The van der Waals surface area contributed by atoms with E-state index < -0.39 is 0 Å². The summed E-state index contributed by atoms with van der Waals surface area (Å²) in [4.78, 5) is 12.3. The van der Waals surface area contributed by atoms with Crippen molar-refractivity contribution >= 4 is 17.0 Å². The minimum Gasteiger partial charge on any atom is -0.497 e. The van der Waals surface area contributed by atoms with Gasteiger partial charge in [0.05, 0.1) is 7.11 Å². The van der Waals surface area contributed by atoms with Gasteiger partial charge in [0.2, 0.25) is 5.55 Å². The van der Waals surface area contributed by atoms with Gasteiger partial charge in [-0.2, -0.15) is 0 Å². The van der Waals surface area contributed by atoms with Gasteiger partial charge in [0.25, 0.3) is 0 Å². The third-order valence-electron chi connectivity index (χ3n) is 7.47. The quantitative estimate of drug-likeness (QED) is 0.455. The molecule has 36 heavy (non-hydrogen) atoms. The van der Waals surface area contributed by atoms with Crippen LogP contribution < -0.4 is 25.8 Å². The number of ether oxygens (including phenoxy) is 2. The van der Waals surface area contributed by atoms with Gasteiger partial charge in [-0.3, -0.25) is 0 Å². The number of hydrogen-bond acceptors (Lipinski definition) is 5. The summed E-state index contributed by atoms with van der Waals surface area (Å²) in [6, 6.07) is 13.6. The van der Waals surface area contributed by atoms with Gasteiger partial charge < -0.3 is 19.2 Å². The van der Waals surface area contributed by atoms with E-state index in [1.807, 2.05) is 36.4 Å². The average molecular weight is 490 g/mol. The minimum atomic E-state index is -0.370. The lowest BCUT2D eigenvalue weighted by Gasteiger charge is -2.41. The fourth-order valence-corrected chi connectivity index (χ4v) is 5.40. The zero-order chi connectivity index (χ0) is 25.0. The molecule has 0 saturated heterocycles. The fraction of sp³-hybridized carbons (Fsp3) is 0.448. The van der Waals surface area contributed by atoms with E-state index in [1.165, 1.54) is 24.8 Å². The largest absolute Gasteiger partial charge is 0.497 e. The summed E-state index contributed by atoms with van der Waals surface area (Å²) < 4.78 is 17.9. The van der Waals surface area contributed by atoms with E-state index >= 15 is 0 Å². The number of methoxy groups -OCH3 is 1. The lowest BCUT2D eigenvalue weighted by molar-refractivity contribution is 0.0109. The first-order valence-corrected chi connectivity index (χ1v) is 13.1. The summed E-state index contributed by atoms with van der Waals surface area (Å²) in [5.41, 5.74) is 7.16. The SMILES string of the molecule is CCc1c/c(=N\NC(=O)NCCc2ccc(OC)cc2)oc2cc3c(cc12)CCC1(CCCCC1)O3. The maximum Gasteiger partial charge on any atom is 0.335 e. The van der Waals surface area contributed by atoms with Crippen molar-refractivity contribution in [2.75, 3.05) is 13.7 Å². The number of rotatable bonds is 6. The van der Waals surface area contributed by atoms with Crippen LogP contribution in [0.1, 0.15) is 62.1 Å². The number of hydrogen-bond donors (Lipinski definition) is 2. The molecule has 2 heterocycles. The summed E-state index contributed by atoms with van der Waals surface area (Å²) in [6.07, 6.45) is 9.74. The first-order chi connectivity index (χ1) is 17.6. The number of aryl methyl sites for hydroxylation is 2. The molecule has 2 N–H and O–H groups in total. The Labute approximate surface area is 211 Å². The number of fused-ring (bicyclic) bond motifs is 2. The molecule has 1 spiro atoms. The highest BCUT2D eigenvalue weighted by atomic mass is 16.5. The van der Waals surface area contributed by atoms with Crippen molar-refractivity contribution in [2.45, 2.75) is 70.3 Å². The van der Waals surface area contributed by atoms with Crippen molar-refractivity contribution in [3.63, 3.8) is 0 Å². The Morgan fingerprint density at radius 1 is 1.08 bits per heavy atom. The molecule has 2 amide bonds. The third-order valence-corrected chi connectivity index (χ3v) is 7.47. The van der Waals surface area contributed by atoms with Gasteiger partial charge in [0.15, 0.2) is 0 Å². The Morgan fingerprint density at radius 3 is 2.64 bits per heavy atom. The molecule has 0 atom stereocenters. The molecule has 1 saturated carbocycles. The summed E-state index contributed by atoms with van der Waals surface area (Å²) in [5.74, 6) is 1.75. The number of nitrogens with one attached hydrogen (secondary N) is 2. The highest BCUT2D eigenvalue weighted by Crippen LogP contribution is 2.43. The maximum atomic E-state index is 12.3. The number of carbonyl (C=O) groups excluding carboxylic acids is 1. The van der Waals surface area contributed by atoms with E-state index in [0.717, 1.165) is 65.7 Å². The number of benzene rings is 2. The van der Waals surface area contributed by atoms with Gasteiger partial charge in [-0.25, -0.2) is 10.2 Å². The van der Waals surface area contributed by atoms with Gasteiger partial charge in [0.1, 0.15) is 22.7 Å². The number of urea groups is 1. The van der Waals surface area contributed by atoms with Crippen LogP contribution in [0.2, 0.25) is 0 Å². The number of nitrogens with zero attached hydrogens (tertiary/aromatic N) is 1. The first kappa shape index (κ1) is 24.2. The van der Waals surface area contributed by atoms with Crippen LogP contribution in [-0.2, 0) is 19.3 Å². The normalized spacial score (nSPS) is 16.9. The summed E-state index contributed by atoms with van der Waals surface area (Å²) in [6.45, 7) is 2.61. The second kappa shape index (κ2) is 10.6. The topological polar surface area (TPSA) is 85.1 Å². The molecule has 2 aromatic carbocycles. The van der Waals surface area contributed by atoms with Gasteiger partial charge in [-0.1, -0.05) is 25.5 Å². The second-order valence-corrected chi connectivity index (χ2v) is 9.84. The van der Waals surface area contributed by atoms with E-state index in [0.29, 0.717) is 18.5 Å². The maximum absolute atomic E-state index is 12.3. The van der Waals surface area contributed by atoms with E-state index in [2.05, 4.69) is 28.8 Å². The average Bonchev–Trinajstić information content (AvgIpc) is 2.91. The molecule has 7 heteroatoms. The number of carbonyl (C=O) groups is 1. The van der Waals surface area contributed by atoms with E-state index in [1.54, 1.807) is 7.11 Å². The van der Waals surface area contributed by atoms with Gasteiger partial charge in [-0.05, 0) is 86.3 Å². The molecule has 0 bridgehead atoms. The molecular formula is C29H35N3O4. The smallest absolute Gasteiger partial charge is 0.335 e. The van der Waals surface area contributed by atoms with E-state index in [9.17, 15) is 4.79 Å². The predicted molar refractivity (Wildman–Crippen MR) is 139 cm³/mol. The Balaban J connectivity index is 1.28. The van der Waals surface area contributed by atoms with Gasteiger partial charge >= 0.3 is 6.03 Å².